The summed E-state index contributed by atoms with van der Waals surface area (Å²) in [6.07, 6.45) is 1.81. The van der Waals surface area contributed by atoms with Crippen LogP contribution >= 0.6 is 0 Å². The van der Waals surface area contributed by atoms with Crippen LogP contribution < -0.4 is 4.74 Å². The highest BCUT2D eigenvalue weighted by Gasteiger charge is 2.28. The van der Waals surface area contributed by atoms with Gasteiger partial charge >= 0.3 is 6.16 Å². The SMILES string of the molecule is CCOC(=O)Oc1c(C(C)C)nc(C(C)C)c(COC2CCCCO2)c1-c1ccc(F)cc1. The Bertz CT molecular complexity index is 937. The number of halogens is 1. The number of hydrogen-bond donors (Lipinski definition) is 0. The lowest BCUT2D eigenvalue weighted by molar-refractivity contribution is -0.169. The van der Waals surface area contributed by atoms with E-state index in [4.69, 9.17) is 23.9 Å². The van der Waals surface area contributed by atoms with Crippen molar-refractivity contribution in [1.29, 1.82) is 0 Å². The van der Waals surface area contributed by atoms with Gasteiger partial charge in [0.1, 0.15) is 5.82 Å². The van der Waals surface area contributed by atoms with Crippen LogP contribution in [0, 0.1) is 5.82 Å². The molecule has 1 aliphatic rings. The Balaban J connectivity index is 2.19. The smallest absolute Gasteiger partial charge is 0.434 e. The lowest BCUT2D eigenvalue weighted by atomic mass is 9.91. The predicted octanol–water partition coefficient (Wildman–Crippen LogP) is 6.71. The zero-order valence-electron chi connectivity index (χ0n) is 20.2. The number of carbonyl (C=O) groups excluding carboxylic acids is 1. The van der Waals surface area contributed by atoms with Crippen LogP contribution in [0.3, 0.4) is 0 Å². The third-order valence-corrected chi connectivity index (χ3v) is 5.54. The highest BCUT2D eigenvalue weighted by atomic mass is 19.1. The average molecular weight is 460 g/mol. The van der Waals surface area contributed by atoms with Gasteiger partial charge in [0.15, 0.2) is 12.0 Å². The van der Waals surface area contributed by atoms with E-state index >= 15 is 0 Å². The van der Waals surface area contributed by atoms with Crippen LogP contribution in [0.2, 0.25) is 0 Å². The van der Waals surface area contributed by atoms with Gasteiger partial charge in [-0.1, -0.05) is 39.8 Å². The Kier molecular flexibility index (Phi) is 8.80. The summed E-state index contributed by atoms with van der Waals surface area (Å²) in [6, 6.07) is 6.14. The molecule has 6 nitrogen and oxygen atoms in total. The topological polar surface area (TPSA) is 66.9 Å². The van der Waals surface area contributed by atoms with Crippen molar-refractivity contribution in [2.45, 2.75) is 78.6 Å². The van der Waals surface area contributed by atoms with Gasteiger partial charge in [-0.2, -0.15) is 0 Å². The summed E-state index contributed by atoms with van der Waals surface area (Å²) in [4.78, 5) is 17.3. The van der Waals surface area contributed by atoms with Gasteiger partial charge < -0.3 is 18.9 Å². The monoisotopic (exact) mass is 459 g/mol. The molecule has 180 valence electrons. The number of hydrogen-bond acceptors (Lipinski definition) is 6. The first-order valence-corrected chi connectivity index (χ1v) is 11.7. The highest BCUT2D eigenvalue weighted by molar-refractivity contribution is 5.79. The van der Waals surface area contributed by atoms with Crippen LogP contribution in [-0.4, -0.2) is 30.6 Å². The molecule has 2 aromatic rings. The van der Waals surface area contributed by atoms with E-state index in [0.29, 0.717) is 29.2 Å². The Morgan fingerprint density at radius 2 is 1.82 bits per heavy atom. The summed E-state index contributed by atoms with van der Waals surface area (Å²) >= 11 is 0. The van der Waals surface area contributed by atoms with Crippen molar-refractivity contribution in [3.63, 3.8) is 0 Å². The Hall–Kier alpha value is -2.51. The number of benzene rings is 1. The van der Waals surface area contributed by atoms with Gasteiger partial charge in [-0.15, -0.1) is 0 Å². The van der Waals surface area contributed by atoms with Crippen molar-refractivity contribution in [2.24, 2.45) is 0 Å². The summed E-state index contributed by atoms with van der Waals surface area (Å²) in [6.45, 7) is 10.9. The molecule has 0 bridgehead atoms. The van der Waals surface area contributed by atoms with Gasteiger partial charge in [0.25, 0.3) is 0 Å². The molecule has 0 radical (unpaired) electrons. The minimum Gasteiger partial charge on any atom is -0.434 e. The predicted molar refractivity (Wildman–Crippen MR) is 124 cm³/mol. The molecule has 0 aliphatic carbocycles. The maximum atomic E-state index is 13.8. The Morgan fingerprint density at radius 3 is 2.39 bits per heavy atom. The van der Waals surface area contributed by atoms with Crippen LogP contribution in [0.15, 0.2) is 24.3 Å². The number of pyridine rings is 1. The van der Waals surface area contributed by atoms with Crippen LogP contribution in [0.4, 0.5) is 9.18 Å². The first kappa shape index (κ1) is 25.1. The van der Waals surface area contributed by atoms with Crippen molar-refractivity contribution in [3.05, 3.63) is 47.0 Å². The van der Waals surface area contributed by atoms with E-state index < -0.39 is 6.16 Å². The van der Waals surface area contributed by atoms with Gasteiger partial charge in [0.2, 0.25) is 0 Å². The molecule has 2 heterocycles. The van der Waals surface area contributed by atoms with Crippen molar-refractivity contribution in [1.82, 2.24) is 4.98 Å². The van der Waals surface area contributed by atoms with Crippen LogP contribution in [-0.2, 0) is 20.8 Å². The summed E-state index contributed by atoms with van der Waals surface area (Å²) in [5.74, 6) is 0.0387. The van der Waals surface area contributed by atoms with Gasteiger partial charge in [-0.3, -0.25) is 4.98 Å². The van der Waals surface area contributed by atoms with Crippen molar-refractivity contribution in [3.8, 4) is 16.9 Å². The highest BCUT2D eigenvalue weighted by Crippen LogP contribution is 2.42. The molecular weight excluding hydrogens is 425 g/mol. The number of rotatable bonds is 8. The quantitative estimate of drug-likeness (QED) is 0.409. The zero-order chi connectivity index (χ0) is 24.0. The van der Waals surface area contributed by atoms with Crippen LogP contribution in [0.25, 0.3) is 11.1 Å². The molecule has 0 saturated carbocycles. The third-order valence-electron chi connectivity index (χ3n) is 5.54. The van der Waals surface area contributed by atoms with Crippen molar-refractivity contribution in [2.75, 3.05) is 13.2 Å². The minimum atomic E-state index is -0.802. The molecule has 1 atom stereocenters. The number of carbonyl (C=O) groups is 1. The molecular formula is C26H34FNO5. The number of aromatic nitrogens is 1. The molecule has 33 heavy (non-hydrogen) atoms. The fraction of sp³-hybridized carbons (Fsp3) is 0.538. The molecule has 7 heteroatoms. The second-order valence-corrected chi connectivity index (χ2v) is 8.77. The maximum absolute atomic E-state index is 13.8. The van der Waals surface area contributed by atoms with Crippen LogP contribution in [0.1, 0.15) is 82.7 Å². The van der Waals surface area contributed by atoms with E-state index in [1.165, 1.54) is 12.1 Å². The molecule has 3 rings (SSSR count). The summed E-state index contributed by atoms with van der Waals surface area (Å²) < 4.78 is 36.4. The van der Waals surface area contributed by atoms with E-state index in [0.717, 1.165) is 30.5 Å². The van der Waals surface area contributed by atoms with E-state index in [2.05, 4.69) is 13.8 Å². The second kappa shape index (κ2) is 11.6. The van der Waals surface area contributed by atoms with E-state index in [9.17, 15) is 9.18 Å². The van der Waals surface area contributed by atoms with Gasteiger partial charge in [-0.25, -0.2) is 9.18 Å². The number of ether oxygens (including phenoxy) is 4. The molecule has 1 fully saturated rings. The standard InChI is InChI=1S/C26H34FNO5/c1-6-30-26(29)33-25-22(18-10-12-19(27)13-11-18)20(15-32-21-9-7-8-14-31-21)23(16(2)3)28-24(25)17(4)5/h10-13,16-17,21H,6-9,14-15H2,1-5H3. The molecule has 0 amide bonds. The summed E-state index contributed by atoms with van der Waals surface area (Å²) in [7, 11) is 0. The van der Waals surface area contributed by atoms with Crippen molar-refractivity contribution < 1.29 is 28.1 Å². The minimum absolute atomic E-state index is 0.0252. The van der Waals surface area contributed by atoms with Gasteiger partial charge in [0, 0.05) is 23.4 Å². The second-order valence-electron chi connectivity index (χ2n) is 8.77. The molecule has 1 unspecified atom stereocenters. The molecule has 1 saturated heterocycles. The zero-order valence-corrected chi connectivity index (χ0v) is 20.2. The number of nitrogens with zero attached hydrogens (tertiary/aromatic N) is 1. The maximum Gasteiger partial charge on any atom is 0.513 e. The Morgan fingerprint density at radius 1 is 1.12 bits per heavy atom. The fourth-order valence-corrected chi connectivity index (χ4v) is 3.93. The lowest BCUT2D eigenvalue weighted by Gasteiger charge is -2.26. The van der Waals surface area contributed by atoms with Gasteiger partial charge in [0.05, 0.1) is 18.9 Å². The van der Waals surface area contributed by atoms with E-state index in [1.54, 1.807) is 19.1 Å². The van der Waals surface area contributed by atoms with Gasteiger partial charge in [-0.05, 0) is 55.7 Å². The normalized spacial score (nSPS) is 16.3. The fourth-order valence-electron chi connectivity index (χ4n) is 3.93. The summed E-state index contributed by atoms with van der Waals surface area (Å²) in [5, 5.41) is 0. The first-order valence-electron chi connectivity index (χ1n) is 11.7. The Labute approximate surface area is 195 Å². The molecule has 0 N–H and O–H groups in total. The largest absolute Gasteiger partial charge is 0.513 e. The lowest BCUT2D eigenvalue weighted by Crippen LogP contribution is -2.23. The van der Waals surface area contributed by atoms with Crippen LogP contribution in [0.5, 0.6) is 5.75 Å². The first-order chi connectivity index (χ1) is 15.8. The average Bonchev–Trinajstić information content (AvgIpc) is 2.78. The third kappa shape index (κ3) is 6.30. The van der Waals surface area contributed by atoms with E-state index in [-0.39, 0.29) is 37.2 Å². The molecule has 1 aromatic heterocycles. The molecule has 1 aliphatic heterocycles. The molecule has 1 aromatic carbocycles. The molecule has 0 spiro atoms. The van der Waals surface area contributed by atoms with E-state index in [1.807, 2.05) is 13.8 Å². The summed E-state index contributed by atoms with van der Waals surface area (Å²) in [5.41, 5.74) is 3.68. The van der Waals surface area contributed by atoms with Crippen molar-refractivity contribution >= 4 is 6.16 Å².